The fourth-order valence-corrected chi connectivity index (χ4v) is 2.03. The van der Waals surface area contributed by atoms with Gasteiger partial charge in [-0.1, -0.05) is 32.6 Å². The highest BCUT2D eigenvalue weighted by molar-refractivity contribution is 5.48. The average molecular weight is 246 g/mol. The van der Waals surface area contributed by atoms with Gasteiger partial charge < -0.3 is 15.0 Å². The molecule has 1 heterocycles. The van der Waals surface area contributed by atoms with Crippen molar-refractivity contribution in [3.05, 3.63) is 42.2 Å². The molecule has 1 aromatic carbocycles. The molecule has 0 amide bonds. The molecule has 3 nitrogen and oxygen atoms in total. The number of benzene rings is 1. The molecule has 0 aromatic heterocycles. The van der Waals surface area contributed by atoms with Crippen molar-refractivity contribution in [1.29, 1.82) is 0 Å². The molecule has 0 aliphatic carbocycles. The highest BCUT2D eigenvalue weighted by Gasteiger charge is 2.11. The van der Waals surface area contributed by atoms with Crippen LogP contribution in [0.2, 0.25) is 0 Å². The molecule has 1 fully saturated rings. The van der Waals surface area contributed by atoms with E-state index in [2.05, 4.69) is 54.9 Å². The molecular weight excluding hydrogens is 224 g/mol. The third-order valence-corrected chi connectivity index (χ3v) is 3.26. The maximum Gasteiger partial charge on any atom is 0.0985 e. The van der Waals surface area contributed by atoms with Gasteiger partial charge in [-0.2, -0.15) is 0 Å². The van der Waals surface area contributed by atoms with Crippen LogP contribution in [0.15, 0.2) is 36.7 Å². The Kier molecular flexibility index (Phi) is 4.26. The van der Waals surface area contributed by atoms with E-state index in [-0.39, 0.29) is 0 Å². The van der Waals surface area contributed by atoms with Gasteiger partial charge in [-0.15, -0.1) is 0 Å². The standard InChI is InChI=1S/C15H22N2O/c1-12(2)14-4-6-15(7-5-14)16-13(3)17-8-10-18-11-9-17/h4-7,12,16H,3,8-11H2,1-2H3. The van der Waals surface area contributed by atoms with Gasteiger partial charge in [-0.05, 0) is 23.6 Å². The second kappa shape index (κ2) is 5.91. The predicted octanol–water partition coefficient (Wildman–Crippen LogP) is 3.03. The Morgan fingerprint density at radius 2 is 1.83 bits per heavy atom. The van der Waals surface area contributed by atoms with Crippen molar-refractivity contribution < 1.29 is 4.74 Å². The van der Waals surface area contributed by atoms with E-state index in [9.17, 15) is 0 Å². The van der Waals surface area contributed by atoms with E-state index in [0.29, 0.717) is 5.92 Å². The van der Waals surface area contributed by atoms with Gasteiger partial charge in [0.05, 0.1) is 19.0 Å². The molecule has 0 bridgehead atoms. The molecular formula is C15H22N2O. The summed E-state index contributed by atoms with van der Waals surface area (Å²) in [6, 6.07) is 8.56. The van der Waals surface area contributed by atoms with Gasteiger partial charge in [0.1, 0.15) is 0 Å². The first kappa shape index (κ1) is 13.0. The number of nitrogens with one attached hydrogen (secondary N) is 1. The Morgan fingerprint density at radius 3 is 2.39 bits per heavy atom. The highest BCUT2D eigenvalue weighted by Crippen LogP contribution is 2.18. The first-order valence-corrected chi connectivity index (χ1v) is 6.55. The lowest BCUT2D eigenvalue weighted by Gasteiger charge is -2.30. The number of anilines is 1. The fourth-order valence-electron chi connectivity index (χ4n) is 2.03. The Labute approximate surface area is 109 Å². The van der Waals surface area contributed by atoms with E-state index in [0.717, 1.165) is 37.8 Å². The van der Waals surface area contributed by atoms with Crippen LogP contribution in [-0.2, 0) is 4.74 Å². The van der Waals surface area contributed by atoms with E-state index in [1.165, 1.54) is 5.56 Å². The van der Waals surface area contributed by atoms with Crippen LogP contribution in [0.5, 0.6) is 0 Å². The lowest BCUT2D eigenvalue weighted by molar-refractivity contribution is 0.0545. The summed E-state index contributed by atoms with van der Waals surface area (Å²) in [4.78, 5) is 2.22. The molecule has 0 saturated carbocycles. The van der Waals surface area contributed by atoms with Crippen molar-refractivity contribution in [2.75, 3.05) is 31.6 Å². The third-order valence-electron chi connectivity index (χ3n) is 3.26. The van der Waals surface area contributed by atoms with Crippen LogP contribution in [0.4, 0.5) is 5.69 Å². The molecule has 0 spiro atoms. The first-order valence-electron chi connectivity index (χ1n) is 6.55. The zero-order chi connectivity index (χ0) is 13.0. The molecule has 18 heavy (non-hydrogen) atoms. The quantitative estimate of drug-likeness (QED) is 0.883. The minimum Gasteiger partial charge on any atom is -0.378 e. The highest BCUT2D eigenvalue weighted by atomic mass is 16.5. The van der Waals surface area contributed by atoms with Crippen molar-refractivity contribution in [2.24, 2.45) is 0 Å². The van der Waals surface area contributed by atoms with Crippen LogP contribution >= 0.6 is 0 Å². The summed E-state index contributed by atoms with van der Waals surface area (Å²) in [6.07, 6.45) is 0. The molecule has 1 saturated heterocycles. The lowest BCUT2D eigenvalue weighted by atomic mass is 10.0. The van der Waals surface area contributed by atoms with Crippen molar-refractivity contribution >= 4 is 5.69 Å². The van der Waals surface area contributed by atoms with E-state index in [1.807, 2.05) is 0 Å². The zero-order valence-electron chi connectivity index (χ0n) is 11.3. The fraction of sp³-hybridized carbons (Fsp3) is 0.467. The number of ether oxygens (including phenoxy) is 1. The molecule has 3 heteroatoms. The third kappa shape index (κ3) is 3.26. The van der Waals surface area contributed by atoms with Crippen molar-refractivity contribution in [3.63, 3.8) is 0 Å². The average Bonchev–Trinajstić information content (AvgIpc) is 2.40. The zero-order valence-corrected chi connectivity index (χ0v) is 11.3. The van der Waals surface area contributed by atoms with Gasteiger partial charge in [-0.25, -0.2) is 0 Å². The van der Waals surface area contributed by atoms with Crippen LogP contribution < -0.4 is 5.32 Å². The van der Waals surface area contributed by atoms with Crippen molar-refractivity contribution in [3.8, 4) is 0 Å². The van der Waals surface area contributed by atoms with E-state index < -0.39 is 0 Å². The monoisotopic (exact) mass is 246 g/mol. The summed E-state index contributed by atoms with van der Waals surface area (Å²) >= 11 is 0. The largest absolute Gasteiger partial charge is 0.378 e. The Morgan fingerprint density at radius 1 is 1.22 bits per heavy atom. The lowest BCUT2D eigenvalue weighted by Crippen LogP contribution is -2.37. The Balaban J connectivity index is 1.94. The van der Waals surface area contributed by atoms with E-state index >= 15 is 0 Å². The molecule has 0 atom stereocenters. The van der Waals surface area contributed by atoms with Gasteiger partial charge >= 0.3 is 0 Å². The summed E-state index contributed by atoms with van der Waals surface area (Å²) in [6.45, 7) is 11.9. The van der Waals surface area contributed by atoms with E-state index in [4.69, 9.17) is 4.74 Å². The van der Waals surface area contributed by atoms with E-state index in [1.54, 1.807) is 0 Å². The minimum atomic E-state index is 0.571. The summed E-state index contributed by atoms with van der Waals surface area (Å²) in [5, 5.41) is 3.35. The molecule has 2 rings (SSSR count). The minimum absolute atomic E-state index is 0.571. The summed E-state index contributed by atoms with van der Waals surface area (Å²) in [7, 11) is 0. The van der Waals surface area contributed by atoms with Crippen LogP contribution in [-0.4, -0.2) is 31.2 Å². The molecule has 1 N–H and O–H groups in total. The molecule has 1 aliphatic heterocycles. The SMILES string of the molecule is C=C(Nc1ccc(C(C)C)cc1)N1CCOCC1. The molecule has 1 aromatic rings. The summed E-state index contributed by atoms with van der Waals surface area (Å²) in [5.41, 5.74) is 2.45. The number of hydrogen-bond donors (Lipinski definition) is 1. The maximum absolute atomic E-state index is 5.33. The van der Waals surface area contributed by atoms with Crippen molar-refractivity contribution in [1.82, 2.24) is 4.90 Å². The molecule has 98 valence electrons. The number of morpholine rings is 1. The predicted molar refractivity (Wildman–Crippen MR) is 75.7 cm³/mol. The van der Waals surface area contributed by atoms with Gasteiger partial charge in [0, 0.05) is 18.8 Å². The Bertz CT molecular complexity index is 391. The second-order valence-corrected chi connectivity index (χ2v) is 4.95. The van der Waals surface area contributed by atoms with Gasteiger partial charge in [0.25, 0.3) is 0 Å². The van der Waals surface area contributed by atoms with Gasteiger partial charge in [0.15, 0.2) is 0 Å². The summed E-state index contributed by atoms with van der Waals surface area (Å²) < 4.78 is 5.33. The van der Waals surface area contributed by atoms with Crippen LogP contribution in [0.1, 0.15) is 25.3 Å². The van der Waals surface area contributed by atoms with Crippen LogP contribution in [0.25, 0.3) is 0 Å². The topological polar surface area (TPSA) is 24.5 Å². The number of hydrogen-bond acceptors (Lipinski definition) is 3. The summed E-state index contributed by atoms with van der Waals surface area (Å²) in [5.74, 6) is 1.53. The van der Waals surface area contributed by atoms with Crippen LogP contribution in [0, 0.1) is 0 Å². The molecule has 0 unspecified atom stereocenters. The number of rotatable bonds is 4. The van der Waals surface area contributed by atoms with Crippen LogP contribution in [0.3, 0.4) is 0 Å². The van der Waals surface area contributed by atoms with Gasteiger partial charge in [-0.3, -0.25) is 0 Å². The van der Waals surface area contributed by atoms with Gasteiger partial charge in [0.2, 0.25) is 0 Å². The molecule has 1 aliphatic rings. The first-order chi connectivity index (χ1) is 8.66. The molecule has 0 radical (unpaired) electrons. The van der Waals surface area contributed by atoms with Crippen molar-refractivity contribution in [2.45, 2.75) is 19.8 Å². The number of nitrogens with zero attached hydrogens (tertiary/aromatic N) is 1. The maximum atomic E-state index is 5.33. The normalized spacial score (nSPS) is 15.8. The smallest absolute Gasteiger partial charge is 0.0985 e. The Hall–Kier alpha value is -1.48. The second-order valence-electron chi connectivity index (χ2n) is 4.95.